The van der Waals surface area contributed by atoms with Crippen LogP contribution in [0.1, 0.15) is 34.1 Å². The molecule has 1 amide bonds. The predicted molar refractivity (Wildman–Crippen MR) is 110 cm³/mol. The smallest absolute Gasteiger partial charge is 0.354 e. The highest BCUT2D eigenvalue weighted by atomic mass is 33.1. The molecule has 0 unspecified atom stereocenters. The summed E-state index contributed by atoms with van der Waals surface area (Å²) >= 11 is 1.35. The van der Waals surface area contributed by atoms with Crippen molar-refractivity contribution >= 4 is 53.0 Å². The summed E-state index contributed by atoms with van der Waals surface area (Å²) < 4.78 is 18.5. The van der Waals surface area contributed by atoms with Gasteiger partial charge < -0.3 is 14.1 Å². The molecule has 3 atom stereocenters. The number of thioether (sulfide) groups is 1. The lowest BCUT2D eigenvalue weighted by atomic mass is 9.94. The van der Waals surface area contributed by atoms with Gasteiger partial charge in [0, 0.05) is 16.8 Å². The number of carbonyl (C=O) groups excluding carboxylic acids is 1. The Morgan fingerprint density at radius 3 is 2.58 bits per heavy atom. The molecule has 0 spiro atoms. The Balaban J connectivity index is 2.00. The van der Waals surface area contributed by atoms with Gasteiger partial charge in [0.1, 0.15) is 20.8 Å². The van der Waals surface area contributed by atoms with E-state index in [1.54, 1.807) is 6.92 Å². The van der Waals surface area contributed by atoms with E-state index in [4.69, 9.17) is 4.43 Å². The Bertz CT molecular complexity index is 619. The summed E-state index contributed by atoms with van der Waals surface area (Å²) in [6.45, 7) is 13.1. The number of fused-ring (bicyclic) bond motifs is 1. The van der Waals surface area contributed by atoms with Gasteiger partial charge in [0.15, 0.2) is 14.0 Å². The minimum Gasteiger partial charge on any atom is -0.605 e. The molecule has 2 aliphatic rings. The molecule has 2 rings (SSSR count). The number of hydrogen-bond acceptors (Lipinski definition) is 6. The van der Waals surface area contributed by atoms with Crippen LogP contribution in [0.25, 0.3) is 0 Å². The number of amides is 1. The SMILES string of the molecule is CC[S@+]([O-])SC1=C(C(=O)O)N2C(=O)[C@H](CCO[Si](C)(C)C(C)(C)C)[C@H]2S1. The average molecular weight is 438 g/mol. The third kappa shape index (κ3) is 4.30. The third-order valence-corrected chi connectivity index (χ3v) is 14.5. The number of carboxylic acid groups (broad SMARTS) is 1. The summed E-state index contributed by atoms with van der Waals surface area (Å²) in [6.07, 6.45) is 0.585. The number of hydrogen-bond donors (Lipinski definition) is 1. The summed E-state index contributed by atoms with van der Waals surface area (Å²) in [5, 5.41) is 9.36. The lowest BCUT2D eigenvalue weighted by molar-refractivity contribution is -0.152. The van der Waals surface area contributed by atoms with Gasteiger partial charge in [-0.25, -0.2) is 4.79 Å². The van der Waals surface area contributed by atoms with E-state index in [2.05, 4.69) is 33.9 Å². The fourth-order valence-corrected chi connectivity index (χ4v) is 7.92. The maximum Gasteiger partial charge on any atom is 0.354 e. The van der Waals surface area contributed by atoms with Crippen molar-refractivity contribution in [3.05, 3.63) is 9.93 Å². The second kappa shape index (κ2) is 8.08. The number of nitrogens with zero attached hydrogens (tertiary/aromatic N) is 1. The number of carboxylic acids is 1. The third-order valence-electron chi connectivity index (χ3n) is 5.12. The highest BCUT2D eigenvalue weighted by Crippen LogP contribution is 2.54. The molecule has 1 N–H and O–H groups in total. The number of β-lactam (4-membered cyclic amide) rings is 1. The summed E-state index contributed by atoms with van der Waals surface area (Å²) in [5.74, 6) is -1.12. The van der Waals surface area contributed by atoms with Crippen LogP contribution in [0.5, 0.6) is 0 Å². The molecule has 2 heterocycles. The van der Waals surface area contributed by atoms with Gasteiger partial charge in [0.25, 0.3) is 0 Å². The zero-order chi connectivity index (χ0) is 19.9. The lowest BCUT2D eigenvalue weighted by Crippen LogP contribution is -2.57. The van der Waals surface area contributed by atoms with Crippen molar-refractivity contribution in [3.63, 3.8) is 0 Å². The van der Waals surface area contributed by atoms with Gasteiger partial charge in [0.2, 0.25) is 5.91 Å². The molecule has 6 nitrogen and oxygen atoms in total. The molecule has 0 bridgehead atoms. The van der Waals surface area contributed by atoms with Crippen LogP contribution in [0.15, 0.2) is 9.93 Å². The van der Waals surface area contributed by atoms with Crippen molar-refractivity contribution in [1.82, 2.24) is 4.90 Å². The van der Waals surface area contributed by atoms with E-state index in [0.29, 0.717) is 23.0 Å². The van der Waals surface area contributed by atoms with Gasteiger partial charge in [-0.3, -0.25) is 9.69 Å². The zero-order valence-corrected chi connectivity index (χ0v) is 19.5. The zero-order valence-electron chi connectivity index (χ0n) is 16.0. The van der Waals surface area contributed by atoms with Crippen molar-refractivity contribution in [3.8, 4) is 0 Å². The number of carbonyl (C=O) groups is 2. The molecule has 0 aromatic heterocycles. The largest absolute Gasteiger partial charge is 0.605 e. The predicted octanol–water partition coefficient (Wildman–Crippen LogP) is 3.60. The fraction of sp³-hybridized carbons (Fsp3) is 0.750. The van der Waals surface area contributed by atoms with E-state index in [-0.39, 0.29) is 27.9 Å². The minimum atomic E-state index is -1.87. The van der Waals surface area contributed by atoms with Crippen LogP contribution >= 0.6 is 22.6 Å². The summed E-state index contributed by atoms with van der Waals surface area (Å²) in [5.41, 5.74) is -0.0154. The van der Waals surface area contributed by atoms with Crippen LogP contribution in [0.2, 0.25) is 18.1 Å². The second-order valence-corrected chi connectivity index (χ2v) is 17.4. The van der Waals surface area contributed by atoms with Crippen molar-refractivity contribution in [2.45, 2.75) is 57.6 Å². The molecule has 2 aliphatic heterocycles. The Kier molecular flexibility index (Phi) is 6.89. The van der Waals surface area contributed by atoms with Crippen LogP contribution in [-0.2, 0) is 24.2 Å². The number of aliphatic carboxylic acids is 1. The topological polar surface area (TPSA) is 89.9 Å². The monoisotopic (exact) mass is 437 g/mol. The van der Waals surface area contributed by atoms with Crippen molar-refractivity contribution in [1.29, 1.82) is 0 Å². The van der Waals surface area contributed by atoms with Gasteiger partial charge in [-0.1, -0.05) is 32.5 Å². The van der Waals surface area contributed by atoms with E-state index in [1.807, 2.05) is 0 Å². The summed E-state index contributed by atoms with van der Waals surface area (Å²) in [4.78, 5) is 25.4. The van der Waals surface area contributed by atoms with Gasteiger partial charge in [-0.2, -0.15) is 0 Å². The molecule has 0 aliphatic carbocycles. The lowest BCUT2D eigenvalue weighted by Gasteiger charge is -2.43. The molecule has 1 saturated heterocycles. The first-order valence-corrected chi connectivity index (χ1v) is 15.0. The van der Waals surface area contributed by atoms with E-state index in [9.17, 15) is 19.2 Å². The molecule has 148 valence electrons. The van der Waals surface area contributed by atoms with Gasteiger partial charge in [0.05, 0.1) is 11.3 Å². The highest BCUT2D eigenvalue weighted by molar-refractivity contribution is 8.75. The van der Waals surface area contributed by atoms with Crippen LogP contribution in [0, 0.1) is 5.92 Å². The Morgan fingerprint density at radius 1 is 1.46 bits per heavy atom. The van der Waals surface area contributed by atoms with Gasteiger partial charge in [-0.15, -0.1) is 0 Å². The van der Waals surface area contributed by atoms with E-state index >= 15 is 0 Å². The van der Waals surface area contributed by atoms with Crippen molar-refractivity contribution in [2.24, 2.45) is 5.92 Å². The van der Waals surface area contributed by atoms with Crippen LogP contribution in [-0.4, -0.2) is 52.5 Å². The van der Waals surface area contributed by atoms with Crippen molar-refractivity contribution < 1.29 is 23.7 Å². The van der Waals surface area contributed by atoms with E-state index < -0.39 is 24.5 Å². The first-order chi connectivity index (χ1) is 11.9. The second-order valence-electron chi connectivity index (χ2n) is 7.84. The van der Waals surface area contributed by atoms with E-state index in [1.165, 1.54) is 16.7 Å². The number of rotatable bonds is 8. The summed E-state index contributed by atoms with van der Waals surface area (Å²) in [7, 11) is -2.01. The first-order valence-electron chi connectivity index (χ1n) is 8.58. The Morgan fingerprint density at radius 2 is 2.08 bits per heavy atom. The molecule has 0 aromatic rings. The molecular weight excluding hydrogens is 410 g/mol. The normalized spacial score (nSPS) is 24.6. The molecule has 0 radical (unpaired) electrons. The Labute approximate surface area is 167 Å². The molecule has 26 heavy (non-hydrogen) atoms. The highest BCUT2D eigenvalue weighted by Gasteiger charge is 2.56. The summed E-state index contributed by atoms with van der Waals surface area (Å²) in [6, 6.07) is 0. The van der Waals surface area contributed by atoms with Gasteiger partial charge >= 0.3 is 5.97 Å². The quantitative estimate of drug-likeness (QED) is 0.268. The molecule has 10 heteroatoms. The maximum absolute atomic E-state index is 12.5. The first kappa shape index (κ1) is 22.2. The minimum absolute atomic E-state index is 0.0154. The van der Waals surface area contributed by atoms with E-state index in [0.717, 1.165) is 10.8 Å². The maximum atomic E-state index is 12.5. The Hall–Kier alpha value is -0.133. The van der Waals surface area contributed by atoms with Crippen LogP contribution < -0.4 is 0 Å². The molecule has 1 fully saturated rings. The fourth-order valence-electron chi connectivity index (χ4n) is 2.48. The standard InChI is InChI=1S/C16H27NO5S3Si/c1-7-25(21)24-15-11(14(19)20)17-12(18)10(13(17)23-15)8-9-22-26(5,6)16(2,3)4/h10,13H,7-9H2,1-6H3,(H,19,20)/t10-,13+,25+/m0/s1. The molecule has 0 saturated carbocycles. The molecule has 0 aromatic carbocycles. The van der Waals surface area contributed by atoms with Crippen LogP contribution in [0.4, 0.5) is 0 Å². The molecular formula is C16H27NO5S3Si. The van der Waals surface area contributed by atoms with Crippen LogP contribution in [0.3, 0.4) is 0 Å². The van der Waals surface area contributed by atoms with Gasteiger partial charge in [-0.05, 0) is 31.5 Å². The average Bonchev–Trinajstić information content (AvgIpc) is 2.85. The van der Waals surface area contributed by atoms with Crippen molar-refractivity contribution in [2.75, 3.05) is 12.4 Å².